The second kappa shape index (κ2) is 65.2. The number of hydrogen-bond acceptors (Lipinski definition) is 15. The van der Waals surface area contributed by atoms with E-state index in [-0.39, 0.29) is 25.7 Å². The zero-order chi connectivity index (χ0) is 69.4. The van der Waals surface area contributed by atoms with Crippen molar-refractivity contribution in [3.05, 3.63) is 24.3 Å². The van der Waals surface area contributed by atoms with Crippen molar-refractivity contribution >= 4 is 39.5 Å². The minimum atomic E-state index is -4.97. The highest BCUT2D eigenvalue weighted by Crippen LogP contribution is 2.45. The van der Waals surface area contributed by atoms with Gasteiger partial charge < -0.3 is 33.8 Å². The molecule has 0 aliphatic carbocycles. The predicted octanol–water partition coefficient (Wildman–Crippen LogP) is 21.3. The molecule has 17 nitrogen and oxygen atoms in total. The highest BCUT2D eigenvalue weighted by Gasteiger charge is 2.30. The first kappa shape index (κ1) is 91.5. The molecule has 0 amide bonds. The van der Waals surface area contributed by atoms with Crippen molar-refractivity contribution in [1.29, 1.82) is 0 Å². The van der Waals surface area contributed by atoms with E-state index in [1.807, 2.05) is 0 Å². The van der Waals surface area contributed by atoms with Crippen molar-refractivity contribution < 1.29 is 80.2 Å². The normalized spacial score (nSPS) is 14.8. The Labute approximate surface area is 573 Å². The maximum atomic E-state index is 13.1. The van der Waals surface area contributed by atoms with Crippen LogP contribution in [-0.4, -0.2) is 96.7 Å². The molecule has 0 saturated heterocycles. The number of carbonyl (C=O) groups is 4. The summed E-state index contributed by atoms with van der Waals surface area (Å²) in [5.74, 6) is 0.137. The SMILES string of the molecule is CCCCCC/C=C\C=C/CCCCCCCC(=O)O[C@H](COC(=O)CCCCCCCCCCCCCCCCC(C)CC)COP(=O)(O)OCC(O)COP(=O)(O)OC[C@@H](COC(=O)CCCCCCCCCCC(C)C)OC(=O)CCCCCCCCC(C)CC. The van der Waals surface area contributed by atoms with E-state index in [0.717, 1.165) is 120 Å². The van der Waals surface area contributed by atoms with Crippen LogP contribution in [-0.2, 0) is 65.4 Å². The smallest absolute Gasteiger partial charge is 0.462 e. The van der Waals surface area contributed by atoms with Gasteiger partial charge in [-0.2, -0.15) is 0 Å². The second-order valence-corrected chi connectivity index (χ2v) is 30.2. The molecule has 0 bridgehead atoms. The van der Waals surface area contributed by atoms with E-state index in [4.69, 9.17) is 37.0 Å². The number of phosphoric ester groups is 2. The third-order valence-corrected chi connectivity index (χ3v) is 19.4. The Balaban J connectivity index is 5.27. The van der Waals surface area contributed by atoms with Gasteiger partial charge in [-0.15, -0.1) is 0 Å². The molecule has 554 valence electrons. The topological polar surface area (TPSA) is 237 Å². The maximum Gasteiger partial charge on any atom is 0.472 e. The van der Waals surface area contributed by atoms with E-state index in [9.17, 15) is 43.2 Å². The molecule has 0 aromatic carbocycles. The Morgan fingerprint density at radius 1 is 0.351 bits per heavy atom. The Morgan fingerprint density at radius 2 is 0.628 bits per heavy atom. The van der Waals surface area contributed by atoms with Crippen molar-refractivity contribution in [3.8, 4) is 0 Å². The fraction of sp³-hybridized carbons (Fsp3) is 0.893. The predicted molar refractivity (Wildman–Crippen MR) is 381 cm³/mol. The van der Waals surface area contributed by atoms with Crippen LogP contribution in [0.5, 0.6) is 0 Å². The lowest BCUT2D eigenvalue weighted by Gasteiger charge is -2.21. The van der Waals surface area contributed by atoms with Gasteiger partial charge in [0.25, 0.3) is 0 Å². The standard InChI is InChI=1S/C75H142O17P2/c1-8-11-12-13-14-15-16-17-18-23-26-29-36-44-51-58-74(79)91-70(62-85-72(77)56-49-42-34-28-25-22-20-19-21-24-27-33-40-47-54-67(6)9-2)64-89-93(81,82)87-60-69(76)61-88-94(83,84)90-65-71(92-75(80)59-52-45-38-37-41-48-55-68(7)10-3)63-86-73(78)57-50-43-35-31-30-32-39-46-53-66(4)5/h15-18,66-71,76H,8-14,19-65H2,1-7H3,(H,81,82)(H,83,84)/b16-15-,18-17-/t67?,68?,69?,70-,71-/m1/s1. The lowest BCUT2D eigenvalue weighted by atomic mass is 9.99. The fourth-order valence-corrected chi connectivity index (χ4v) is 12.4. The number of aliphatic hydroxyl groups excluding tert-OH is 1. The van der Waals surface area contributed by atoms with Crippen LogP contribution in [0.4, 0.5) is 0 Å². The molecular weight excluding hydrogens is 1230 g/mol. The Morgan fingerprint density at radius 3 is 0.947 bits per heavy atom. The van der Waals surface area contributed by atoms with E-state index < -0.39 is 97.5 Å². The Bertz CT molecular complexity index is 1930. The lowest BCUT2D eigenvalue weighted by molar-refractivity contribution is -0.161. The molecule has 0 aromatic heterocycles. The molecule has 0 rings (SSSR count). The van der Waals surface area contributed by atoms with E-state index in [1.54, 1.807) is 0 Å². The average Bonchev–Trinajstić information content (AvgIpc) is 1.72. The van der Waals surface area contributed by atoms with Gasteiger partial charge in [0.05, 0.1) is 26.4 Å². The van der Waals surface area contributed by atoms with Crippen LogP contribution in [0.15, 0.2) is 24.3 Å². The summed E-state index contributed by atoms with van der Waals surface area (Å²) < 4.78 is 68.4. The maximum absolute atomic E-state index is 13.1. The van der Waals surface area contributed by atoms with Crippen LogP contribution in [0.2, 0.25) is 0 Å². The molecule has 0 aliphatic rings. The number of rotatable bonds is 71. The van der Waals surface area contributed by atoms with E-state index in [0.29, 0.717) is 25.7 Å². The lowest BCUT2D eigenvalue weighted by Crippen LogP contribution is -2.30. The summed E-state index contributed by atoms with van der Waals surface area (Å²) in [6.07, 6.45) is 53.6. The molecule has 0 spiro atoms. The zero-order valence-corrected chi connectivity index (χ0v) is 62.7. The molecule has 94 heavy (non-hydrogen) atoms. The molecule has 0 fully saturated rings. The van der Waals surface area contributed by atoms with Crippen molar-refractivity contribution in [1.82, 2.24) is 0 Å². The van der Waals surface area contributed by atoms with Crippen LogP contribution >= 0.6 is 15.6 Å². The minimum absolute atomic E-state index is 0.0848. The van der Waals surface area contributed by atoms with E-state index >= 15 is 0 Å². The Kier molecular flexibility index (Phi) is 63.5. The fourth-order valence-electron chi connectivity index (χ4n) is 10.8. The van der Waals surface area contributed by atoms with Crippen LogP contribution in [0.3, 0.4) is 0 Å². The van der Waals surface area contributed by atoms with Gasteiger partial charge in [-0.3, -0.25) is 37.3 Å². The molecule has 7 atom stereocenters. The number of unbranched alkanes of at least 4 members (excludes halogenated alkanes) is 34. The van der Waals surface area contributed by atoms with E-state index in [2.05, 4.69) is 72.8 Å². The first-order valence-corrected chi connectivity index (χ1v) is 41.2. The third-order valence-electron chi connectivity index (χ3n) is 17.5. The first-order valence-electron chi connectivity index (χ1n) is 38.2. The summed E-state index contributed by atoms with van der Waals surface area (Å²) in [5.41, 5.74) is 0. The Hall–Kier alpha value is -2.46. The summed E-state index contributed by atoms with van der Waals surface area (Å²) in [6.45, 7) is 11.8. The van der Waals surface area contributed by atoms with Crippen molar-refractivity contribution in [2.75, 3.05) is 39.6 Å². The van der Waals surface area contributed by atoms with Crippen LogP contribution < -0.4 is 0 Å². The summed E-state index contributed by atoms with van der Waals surface area (Å²) in [7, 11) is -9.92. The number of ether oxygens (including phenoxy) is 4. The molecule has 3 N–H and O–H groups in total. The van der Waals surface area contributed by atoms with E-state index in [1.165, 1.54) is 154 Å². The first-order chi connectivity index (χ1) is 45.3. The van der Waals surface area contributed by atoms with Crippen molar-refractivity contribution in [3.63, 3.8) is 0 Å². The largest absolute Gasteiger partial charge is 0.472 e. The van der Waals surface area contributed by atoms with Gasteiger partial charge in [0, 0.05) is 25.7 Å². The molecular formula is C75H142O17P2. The molecule has 0 aliphatic heterocycles. The number of carbonyl (C=O) groups excluding carboxylic acids is 4. The number of aliphatic hydroxyl groups is 1. The quantitative estimate of drug-likeness (QED) is 0.0169. The molecule has 0 heterocycles. The molecule has 0 saturated carbocycles. The molecule has 5 unspecified atom stereocenters. The summed E-state index contributed by atoms with van der Waals surface area (Å²) in [5, 5.41) is 10.6. The van der Waals surface area contributed by atoms with Crippen molar-refractivity contribution in [2.24, 2.45) is 17.8 Å². The molecule has 0 aromatic rings. The average molecular weight is 1380 g/mol. The summed E-state index contributed by atoms with van der Waals surface area (Å²) in [4.78, 5) is 72.7. The second-order valence-electron chi connectivity index (χ2n) is 27.3. The van der Waals surface area contributed by atoms with Gasteiger partial charge in [0.1, 0.15) is 19.3 Å². The summed E-state index contributed by atoms with van der Waals surface area (Å²) >= 11 is 0. The zero-order valence-electron chi connectivity index (χ0n) is 60.9. The van der Waals surface area contributed by atoms with Gasteiger partial charge in [0.2, 0.25) is 0 Å². The highest BCUT2D eigenvalue weighted by atomic mass is 31.2. The number of allylic oxidation sites excluding steroid dienone is 4. The number of hydrogen-bond donors (Lipinski definition) is 3. The van der Waals surface area contributed by atoms with Gasteiger partial charge in [-0.05, 0) is 69.1 Å². The third kappa shape index (κ3) is 65.5. The van der Waals surface area contributed by atoms with Crippen LogP contribution in [0.25, 0.3) is 0 Å². The van der Waals surface area contributed by atoms with Crippen LogP contribution in [0, 0.1) is 17.8 Å². The van der Waals surface area contributed by atoms with Gasteiger partial charge in [-0.1, -0.05) is 304 Å². The van der Waals surface area contributed by atoms with Gasteiger partial charge in [-0.25, -0.2) is 9.13 Å². The minimum Gasteiger partial charge on any atom is -0.462 e. The summed E-state index contributed by atoms with van der Waals surface area (Å²) in [6, 6.07) is 0. The highest BCUT2D eigenvalue weighted by molar-refractivity contribution is 7.47. The number of phosphoric acid groups is 2. The number of esters is 4. The van der Waals surface area contributed by atoms with Gasteiger partial charge in [0.15, 0.2) is 12.2 Å². The van der Waals surface area contributed by atoms with Gasteiger partial charge >= 0.3 is 39.5 Å². The molecule has 19 heteroatoms. The monoisotopic (exact) mass is 1380 g/mol. The van der Waals surface area contributed by atoms with Crippen LogP contribution in [0.1, 0.15) is 357 Å². The van der Waals surface area contributed by atoms with Crippen molar-refractivity contribution in [2.45, 2.75) is 375 Å². The molecule has 0 radical (unpaired) electrons.